The minimum Gasteiger partial charge on any atom is -0.507 e. The average molecular weight is 479 g/mol. The van der Waals surface area contributed by atoms with E-state index in [0.717, 1.165) is 28.9 Å². The lowest BCUT2D eigenvalue weighted by Gasteiger charge is -2.27. The number of rotatable bonds is 8. The molecule has 0 aliphatic rings. The van der Waals surface area contributed by atoms with E-state index >= 15 is 0 Å². The van der Waals surface area contributed by atoms with Crippen molar-refractivity contribution in [2.24, 2.45) is 11.8 Å². The predicted octanol–water partition coefficient (Wildman–Crippen LogP) is 6.76. The Morgan fingerprint density at radius 3 is 2.41 bits per heavy atom. The smallest absolute Gasteiger partial charge is 0.203 e. The van der Waals surface area contributed by atoms with E-state index in [1.807, 2.05) is 44.2 Å². The number of nitrogens with zero attached hydrogens (tertiary/aromatic N) is 2. The number of hydrogen-bond donors (Lipinski definition) is 1. The molecule has 2 aromatic heterocycles. The Labute approximate surface area is 205 Å². The van der Waals surface area contributed by atoms with Crippen LogP contribution in [0.5, 0.6) is 5.75 Å². The number of phenols is 1. The van der Waals surface area contributed by atoms with Crippen molar-refractivity contribution in [2.45, 2.75) is 54.5 Å². The summed E-state index contributed by atoms with van der Waals surface area (Å²) in [6.45, 7) is 15.0. The van der Waals surface area contributed by atoms with Crippen molar-refractivity contribution in [1.29, 1.82) is 0 Å². The van der Waals surface area contributed by atoms with Crippen LogP contribution in [0.3, 0.4) is 0 Å². The molecule has 0 saturated heterocycles. The van der Waals surface area contributed by atoms with E-state index in [1.165, 1.54) is 11.3 Å². The van der Waals surface area contributed by atoms with Crippen LogP contribution < -0.4 is 5.43 Å². The Morgan fingerprint density at radius 2 is 1.79 bits per heavy atom. The Bertz CT molecular complexity index is 1340. The number of fused-ring (bicyclic) bond motifs is 2. The summed E-state index contributed by atoms with van der Waals surface area (Å²) in [5, 5.41) is 12.2. The van der Waals surface area contributed by atoms with Gasteiger partial charge in [-0.3, -0.25) is 9.69 Å². The summed E-state index contributed by atoms with van der Waals surface area (Å²) in [5.74, 6) is 1.83. The lowest BCUT2D eigenvalue weighted by molar-refractivity contribution is 0.209. The first-order valence-corrected chi connectivity index (χ1v) is 12.9. The van der Waals surface area contributed by atoms with Crippen LogP contribution in [-0.4, -0.2) is 28.1 Å². The predicted molar refractivity (Wildman–Crippen MR) is 142 cm³/mol. The van der Waals surface area contributed by atoms with Crippen LogP contribution in [0.1, 0.15) is 51.5 Å². The van der Waals surface area contributed by atoms with E-state index < -0.39 is 0 Å². The van der Waals surface area contributed by atoms with E-state index in [4.69, 9.17) is 9.40 Å². The standard InChI is InChI=1S/C28H34N2O3S/c1-7-22-24(28-29-21-10-8-9-11-23(21)34-28)26(32)20-12-19(25(31)18(6)27(20)33-22)15-30(13-16(2)3)14-17(4)5/h8-12,16-17,31H,7,13-15H2,1-6H3. The molecule has 0 aliphatic heterocycles. The van der Waals surface area contributed by atoms with Gasteiger partial charge in [0.1, 0.15) is 22.1 Å². The summed E-state index contributed by atoms with van der Waals surface area (Å²) >= 11 is 1.51. The highest BCUT2D eigenvalue weighted by molar-refractivity contribution is 7.21. The Kier molecular flexibility index (Phi) is 7.10. The molecule has 2 aromatic carbocycles. The maximum absolute atomic E-state index is 13.9. The van der Waals surface area contributed by atoms with E-state index in [0.29, 0.717) is 57.7 Å². The topological polar surface area (TPSA) is 66.6 Å². The van der Waals surface area contributed by atoms with Crippen molar-refractivity contribution >= 4 is 32.5 Å². The molecular weight excluding hydrogens is 444 g/mol. The highest BCUT2D eigenvalue weighted by Gasteiger charge is 2.23. The first-order valence-electron chi connectivity index (χ1n) is 12.1. The van der Waals surface area contributed by atoms with E-state index in [9.17, 15) is 9.90 Å². The maximum atomic E-state index is 13.9. The Morgan fingerprint density at radius 1 is 1.12 bits per heavy atom. The summed E-state index contributed by atoms with van der Waals surface area (Å²) in [6.07, 6.45) is 0.564. The fourth-order valence-electron chi connectivity index (χ4n) is 4.64. The molecule has 6 heteroatoms. The largest absolute Gasteiger partial charge is 0.507 e. The molecule has 0 saturated carbocycles. The quantitative estimate of drug-likeness (QED) is 0.303. The molecule has 0 aliphatic carbocycles. The van der Waals surface area contributed by atoms with Crippen LogP contribution in [0.4, 0.5) is 0 Å². The fraction of sp³-hybridized carbons (Fsp3) is 0.429. The van der Waals surface area contributed by atoms with Gasteiger partial charge in [0.15, 0.2) is 0 Å². The lowest BCUT2D eigenvalue weighted by Crippen LogP contribution is -2.31. The van der Waals surface area contributed by atoms with Crippen molar-refractivity contribution in [3.8, 4) is 16.3 Å². The Hall–Kier alpha value is -2.70. The van der Waals surface area contributed by atoms with Gasteiger partial charge < -0.3 is 9.52 Å². The summed E-state index contributed by atoms with van der Waals surface area (Å²) < 4.78 is 7.31. The second kappa shape index (κ2) is 9.88. The van der Waals surface area contributed by atoms with Crippen molar-refractivity contribution in [2.75, 3.05) is 13.1 Å². The van der Waals surface area contributed by atoms with Gasteiger partial charge in [0, 0.05) is 37.2 Å². The first kappa shape index (κ1) is 24.4. The molecular formula is C28H34N2O3S. The van der Waals surface area contributed by atoms with Crippen molar-refractivity contribution in [3.63, 3.8) is 0 Å². The zero-order chi connectivity index (χ0) is 24.6. The molecule has 0 fully saturated rings. The number of aryl methyl sites for hydroxylation is 2. The molecule has 0 amide bonds. The van der Waals surface area contributed by atoms with E-state index in [-0.39, 0.29) is 11.2 Å². The van der Waals surface area contributed by atoms with Crippen LogP contribution in [-0.2, 0) is 13.0 Å². The number of aromatic hydroxyl groups is 1. The van der Waals surface area contributed by atoms with Gasteiger partial charge in [-0.25, -0.2) is 4.98 Å². The minimum atomic E-state index is -0.0826. The number of phenolic OH excluding ortho intramolecular Hbond substituents is 1. The molecule has 4 aromatic rings. The third-order valence-electron chi connectivity index (χ3n) is 6.01. The number of thiazole rings is 1. The number of hydrogen-bond acceptors (Lipinski definition) is 6. The normalized spacial score (nSPS) is 12.1. The fourth-order valence-corrected chi connectivity index (χ4v) is 5.66. The van der Waals surface area contributed by atoms with Crippen LogP contribution in [0.2, 0.25) is 0 Å². The molecule has 0 atom stereocenters. The van der Waals surface area contributed by atoms with Gasteiger partial charge in [-0.1, -0.05) is 46.8 Å². The molecule has 0 bridgehead atoms. The van der Waals surface area contributed by atoms with Gasteiger partial charge >= 0.3 is 0 Å². The van der Waals surface area contributed by atoms with Crippen molar-refractivity contribution in [1.82, 2.24) is 9.88 Å². The van der Waals surface area contributed by atoms with Gasteiger partial charge in [0.25, 0.3) is 0 Å². The SMILES string of the molecule is CCc1oc2c(C)c(O)c(CN(CC(C)C)CC(C)C)cc2c(=O)c1-c1nc2ccccc2s1. The second-order valence-electron chi connectivity index (χ2n) is 9.94. The molecule has 34 heavy (non-hydrogen) atoms. The van der Waals surface area contributed by atoms with Gasteiger partial charge in [-0.2, -0.15) is 0 Å². The second-order valence-corrected chi connectivity index (χ2v) is 11.0. The van der Waals surface area contributed by atoms with Crippen LogP contribution in [0, 0.1) is 18.8 Å². The highest BCUT2D eigenvalue weighted by atomic mass is 32.1. The molecule has 180 valence electrons. The highest BCUT2D eigenvalue weighted by Crippen LogP contribution is 2.36. The Balaban J connectivity index is 1.89. The summed E-state index contributed by atoms with van der Waals surface area (Å²) in [5.41, 5.74) is 3.17. The van der Waals surface area contributed by atoms with Gasteiger partial charge in [-0.15, -0.1) is 11.3 Å². The van der Waals surface area contributed by atoms with Gasteiger partial charge in [0.2, 0.25) is 5.43 Å². The van der Waals surface area contributed by atoms with Crippen LogP contribution >= 0.6 is 11.3 Å². The minimum absolute atomic E-state index is 0.0826. The third-order valence-corrected chi connectivity index (χ3v) is 7.06. The monoisotopic (exact) mass is 478 g/mol. The number of para-hydroxylation sites is 1. The van der Waals surface area contributed by atoms with Crippen molar-refractivity contribution in [3.05, 3.63) is 57.4 Å². The van der Waals surface area contributed by atoms with Gasteiger partial charge in [0.05, 0.1) is 21.2 Å². The zero-order valence-corrected chi connectivity index (χ0v) is 21.8. The van der Waals surface area contributed by atoms with Crippen LogP contribution in [0.15, 0.2) is 39.5 Å². The lowest BCUT2D eigenvalue weighted by atomic mass is 10.0. The summed E-state index contributed by atoms with van der Waals surface area (Å²) in [4.78, 5) is 20.9. The molecule has 2 heterocycles. The maximum Gasteiger partial charge on any atom is 0.203 e. The average Bonchev–Trinajstić information content (AvgIpc) is 3.20. The zero-order valence-electron chi connectivity index (χ0n) is 20.9. The molecule has 0 unspecified atom stereocenters. The number of aromatic nitrogens is 1. The molecule has 1 N–H and O–H groups in total. The molecule has 5 nitrogen and oxygen atoms in total. The van der Waals surface area contributed by atoms with Crippen LogP contribution in [0.25, 0.3) is 31.8 Å². The number of benzene rings is 2. The summed E-state index contributed by atoms with van der Waals surface area (Å²) in [7, 11) is 0. The third kappa shape index (κ3) is 4.75. The molecule has 0 radical (unpaired) electrons. The van der Waals surface area contributed by atoms with Gasteiger partial charge in [-0.05, 0) is 37.0 Å². The summed E-state index contributed by atoms with van der Waals surface area (Å²) in [6, 6.07) is 9.73. The van der Waals surface area contributed by atoms with Crippen molar-refractivity contribution < 1.29 is 9.52 Å². The molecule has 0 spiro atoms. The first-order chi connectivity index (χ1) is 16.2. The molecule has 4 rings (SSSR count). The van der Waals surface area contributed by atoms with E-state index in [2.05, 4.69) is 32.6 Å². The van der Waals surface area contributed by atoms with E-state index in [1.54, 1.807) is 0 Å².